The highest BCUT2D eigenvalue weighted by Crippen LogP contribution is 2.38. The van der Waals surface area contributed by atoms with Crippen molar-refractivity contribution in [2.75, 3.05) is 11.5 Å². The largest absolute Gasteiger partial charge is 0.490 e. The Morgan fingerprint density at radius 3 is 2.47 bits per heavy atom. The number of hydrogen-bond acceptors (Lipinski definition) is 5. The van der Waals surface area contributed by atoms with Crippen LogP contribution in [0.25, 0.3) is 6.08 Å². The molecule has 0 bridgehead atoms. The number of nitrogens with zero attached hydrogens (tertiary/aromatic N) is 1. The van der Waals surface area contributed by atoms with Crippen LogP contribution < -0.4 is 19.7 Å². The first-order valence-electron chi connectivity index (χ1n) is 11.1. The summed E-state index contributed by atoms with van der Waals surface area (Å²) < 4.78 is 26.0. The fraction of sp³-hybridized carbons (Fsp3) is 0.148. The minimum absolute atomic E-state index is 0.00643. The predicted molar refractivity (Wildman–Crippen MR) is 136 cm³/mol. The smallest absolute Gasteiger partial charge is 0.335 e. The van der Waals surface area contributed by atoms with Crippen LogP contribution in [-0.4, -0.2) is 24.5 Å². The zero-order valence-electron chi connectivity index (χ0n) is 19.5. The molecule has 0 aromatic heterocycles. The van der Waals surface area contributed by atoms with Crippen LogP contribution >= 0.6 is 15.9 Å². The van der Waals surface area contributed by atoms with Gasteiger partial charge in [0.2, 0.25) is 0 Å². The van der Waals surface area contributed by atoms with Gasteiger partial charge < -0.3 is 9.47 Å². The number of barbiturate groups is 1. The lowest BCUT2D eigenvalue weighted by Crippen LogP contribution is -2.54. The van der Waals surface area contributed by atoms with Crippen molar-refractivity contribution in [2.45, 2.75) is 20.5 Å². The number of nitrogens with one attached hydrogen (secondary N) is 1. The number of ether oxygens (including phenoxy) is 2. The molecule has 0 spiro atoms. The predicted octanol–water partition coefficient (Wildman–Crippen LogP) is 5.54. The average Bonchev–Trinajstić information content (AvgIpc) is 2.82. The second-order valence-corrected chi connectivity index (χ2v) is 8.83. The molecule has 36 heavy (non-hydrogen) atoms. The molecule has 0 unspecified atom stereocenters. The van der Waals surface area contributed by atoms with E-state index in [0.29, 0.717) is 39.6 Å². The summed E-state index contributed by atoms with van der Waals surface area (Å²) in [7, 11) is 0. The maximum absolute atomic E-state index is 13.7. The lowest BCUT2D eigenvalue weighted by molar-refractivity contribution is -0.122. The lowest BCUT2D eigenvalue weighted by atomic mass is 10.1. The first-order valence-corrected chi connectivity index (χ1v) is 11.9. The van der Waals surface area contributed by atoms with Crippen molar-refractivity contribution in [1.82, 2.24) is 5.32 Å². The zero-order chi connectivity index (χ0) is 25.8. The van der Waals surface area contributed by atoms with Crippen LogP contribution in [0.3, 0.4) is 0 Å². The van der Waals surface area contributed by atoms with Crippen LogP contribution in [-0.2, 0) is 16.2 Å². The Morgan fingerprint density at radius 2 is 1.78 bits per heavy atom. The van der Waals surface area contributed by atoms with Gasteiger partial charge >= 0.3 is 6.03 Å². The van der Waals surface area contributed by atoms with Crippen LogP contribution in [0.15, 0.2) is 70.7 Å². The van der Waals surface area contributed by atoms with Crippen molar-refractivity contribution in [3.8, 4) is 11.5 Å². The number of anilines is 1. The van der Waals surface area contributed by atoms with E-state index >= 15 is 0 Å². The van der Waals surface area contributed by atoms with Crippen LogP contribution in [0.4, 0.5) is 14.9 Å². The molecular formula is C27H22BrFN2O5. The Bertz CT molecular complexity index is 1370. The third kappa shape index (κ3) is 5.46. The maximum atomic E-state index is 13.7. The Balaban J connectivity index is 1.66. The number of carbonyl (C=O) groups excluding carboxylic acids is 3. The maximum Gasteiger partial charge on any atom is 0.335 e. The highest BCUT2D eigenvalue weighted by atomic mass is 79.9. The number of urea groups is 1. The number of hydrogen-bond donors (Lipinski definition) is 1. The van der Waals surface area contributed by atoms with E-state index in [1.807, 2.05) is 38.1 Å². The summed E-state index contributed by atoms with van der Waals surface area (Å²) >= 11 is 3.49. The second kappa shape index (κ2) is 10.7. The van der Waals surface area contributed by atoms with Gasteiger partial charge in [-0.3, -0.25) is 14.9 Å². The van der Waals surface area contributed by atoms with Crippen molar-refractivity contribution in [3.05, 3.63) is 93.2 Å². The van der Waals surface area contributed by atoms with E-state index in [9.17, 15) is 18.8 Å². The molecule has 3 aromatic carbocycles. The Labute approximate surface area is 215 Å². The molecule has 0 atom stereocenters. The molecule has 9 heteroatoms. The molecule has 1 saturated heterocycles. The molecule has 1 aliphatic rings. The Kier molecular flexibility index (Phi) is 7.49. The summed E-state index contributed by atoms with van der Waals surface area (Å²) in [5.41, 5.74) is 2.30. The van der Waals surface area contributed by atoms with Gasteiger partial charge in [-0.15, -0.1) is 0 Å². The van der Waals surface area contributed by atoms with E-state index < -0.39 is 23.7 Å². The number of aryl methyl sites for hydroxylation is 1. The van der Waals surface area contributed by atoms with Gasteiger partial charge in [0.15, 0.2) is 11.5 Å². The molecule has 184 valence electrons. The van der Waals surface area contributed by atoms with Gasteiger partial charge in [-0.2, -0.15) is 0 Å². The third-order valence-electron chi connectivity index (χ3n) is 5.31. The summed E-state index contributed by atoms with van der Waals surface area (Å²) in [5, 5.41) is 2.13. The van der Waals surface area contributed by atoms with Crippen LogP contribution in [0.2, 0.25) is 0 Å². The topological polar surface area (TPSA) is 84.9 Å². The van der Waals surface area contributed by atoms with E-state index in [-0.39, 0.29) is 11.3 Å². The molecule has 0 radical (unpaired) electrons. The second-order valence-electron chi connectivity index (χ2n) is 7.97. The Hall–Kier alpha value is -3.98. The first kappa shape index (κ1) is 25.1. The standard InChI is InChI=1S/C27H22BrFN2O5/c1-3-35-23-13-18(12-22(28)24(23)36-15-17-9-7-16(2)8-10-17)11-21-25(32)30-27(34)31(26(21)33)20-6-4-5-19(29)14-20/h4-14H,3,15H2,1-2H3,(H,30,32,34)/b21-11+. The molecule has 0 aliphatic carbocycles. The van der Waals surface area contributed by atoms with Gasteiger partial charge in [-0.1, -0.05) is 35.9 Å². The van der Waals surface area contributed by atoms with E-state index in [2.05, 4.69) is 21.2 Å². The van der Waals surface area contributed by atoms with E-state index in [4.69, 9.17) is 9.47 Å². The molecule has 4 amide bonds. The van der Waals surface area contributed by atoms with E-state index in [0.717, 1.165) is 17.2 Å². The highest BCUT2D eigenvalue weighted by molar-refractivity contribution is 9.10. The van der Waals surface area contributed by atoms with Crippen LogP contribution in [0, 0.1) is 12.7 Å². The number of imide groups is 2. The minimum atomic E-state index is -0.955. The van der Waals surface area contributed by atoms with Gasteiger partial charge in [-0.05, 0) is 77.3 Å². The highest BCUT2D eigenvalue weighted by Gasteiger charge is 2.37. The first-order chi connectivity index (χ1) is 17.3. The fourth-order valence-corrected chi connectivity index (χ4v) is 4.16. The molecule has 7 nitrogen and oxygen atoms in total. The molecular weight excluding hydrogens is 531 g/mol. The van der Waals surface area contributed by atoms with Crippen LogP contribution in [0.5, 0.6) is 11.5 Å². The van der Waals surface area contributed by atoms with Crippen molar-refractivity contribution in [2.24, 2.45) is 0 Å². The number of amides is 4. The number of carbonyl (C=O) groups is 3. The monoisotopic (exact) mass is 552 g/mol. The molecule has 0 saturated carbocycles. The minimum Gasteiger partial charge on any atom is -0.490 e. The van der Waals surface area contributed by atoms with E-state index in [1.54, 1.807) is 12.1 Å². The number of halogens is 2. The average molecular weight is 553 g/mol. The summed E-state index contributed by atoms with van der Waals surface area (Å²) in [6.45, 7) is 4.50. The number of benzene rings is 3. The van der Waals surface area contributed by atoms with Gasteiger partial charge in [0.1, 0.15) is 18.0 Å². The summed E-state index contributed by atoms with van der Waals surface area (Å²) in [5.74, 6) is -1.47. The van der Waals surface area contributed by atoms with Crippen molar-refractivity contribution in [3.63, 3.8) is 0 Å². The third-order valence-corrected chi connectivity index (χ3v) is 5.90. The SMILES string of the molecule is CCOc1cc(/C=C2\C(=O)NC(=O)N(c3cccc(F)c3)C2=O)cc(Br)c1OCc1ccc(C)cc1. The van der Waals surface area contributed by atoms with Crippen molar-refractivity contribution < 1.29 is 28.2 Å². The van der Waals surface area contributed by atoms with Gasteiger partial charge in [-0.25, -0.2) is 14.1 Å². The molecule has 1 fully saturated rings. The number of rotatable bonds is 7. The van der Waals surface area contributed by atoms with Gasteiger partial charge in [0.05, 0.1) is 16.8 Å². The summed E-state index contributed by atoms with van der Waals surface area (Å²) in [6.07, 6.45) is 1.34. The van der Waals surface area contributed by atoms with Gasteiger partial charge in [0, 0.05) is 0 Å². The summed E-state index contributed by atoms with van der Waals surface area (Å²) in [6, 6.07) is 15.3. The van der Waals surface area contributed by atoms with Crippen molar-refractivity contribution >= 4 is 45.5 Å². The molecule has 3 aromatic rings. The Morgan fingerprint density at radius 1 is 1.03 bits per heavy atom. The molecule has 1 N–H and O–H groups in total. The molecule has 4 rings (SSSR count). The lowest BCUT2D eigenvalue weighted by Gasteiger charge is -2.26. The molecule has 1 aliphatic heterocycles. The quantitative estimate of drug-likeness (QED) is 0.307. The fourth-order valence-electron chi connectivity index (χ4n) is 3.59. The molecule has 1 heterocycles. The normalized spacial score (nSPS) is 14.7. The zero-order valence-corrected chi connectivity index (χ0v) is 21.1. The van der Waals surface area contributed by atoms with E-state index in [1.165, 1.54) is 24.3 Å². The summed E-state index contributed by atoms with van der Waals surface area (Å²) in [4.78, 5) is 38.7. The van der Waals surface area contributed by atoms with Crippen LogP contribution in [0.1, 0.15) is 23.6 Å². The van der Waals surface area contributed by atoms with Gasteiger partial charge in [0.25, 0.3) is 11.8 Å². The van der Waals surface area contributed by atoms with Crippen molar-refractivity contribution in [1.29, 1.82) is 0 Å².